The summed E-state index contributed by atoms with van der Waals surface area (Å²) in [5.41, 5.74) is 0. The SMILES string of the molecule is C=CCN(CC=C)C(=O)CN[C@H]1CCCN(C(C)=O)C1. The molecule has 1 fully saturated rings. The molecule has 5 heteroatoms. The Balaban J connectivity index is 2.40. The number of carbonyl (C=O) groups excluding carboxylic acids is 2. The fraction of sp³-hybridized carbons (Fsp3) is 0.600. The zero-order chi connectivity index (χ0) is 15.0. The molecular weight excluding hydrogens is 254 g/mol. The summed E-state index contributed by atoms with van der Waals surface area (Å²) in [5.74, 6) is 0.132. The molecular formula is C15H25N3O2. The predicted octanol–water partition coefficient (Wildman–Crippen LogP) is 0.788. The highest BCUT2D eigenvalue weighted by Gasteiger charge is 2.22. The van der Waals surface area contributed by atoms with Crippen molar-refractivity contribution in [1.82, 2.24) is 15.1 Å². The summed E-state index contributed by atoms with van der Waals surface area (Å²) >= 11 is 0. The molecule has 1 heterocycles. The van der Waals surface area contributed by atoms with E-state index in [-0.39, 0.29) is 24.4 Å². The molecule has 1 N–H and O–H groups in total. The maximum Gasteiger partial charge on any atom is 0.237 e. The minimum absolute atomic E-state index is 0.0322. The number of hydrogen-bond acceptors (Lipinski definition) is 3. The highest BCUT2D eigenvalue weighted by molar-refractivity contribution is 5.78. The van der Waals surface area contributed by atoms with E-state index in [0.717, 1.165) is 19.4 Å². The molecule has 0 radical (unpaired) electrons. The first-order chi connectivity index (χ1) is 9.58. The summed E-state index contributed by atoms with van der Waals surface area (Å²) in [5, 5.41) is 3.25. The van der Waals surface area contributed by atoms with Gasteiger partial charge in [0.2, 0.25) is 11.8 Å². The van der Waals surface area contributed by atoms with E-state index in [1.54, 1.807) is 24.0 Å². The fourth-order valence-corrected chi connectivity index (χ4v) is 2.36. The summed E-state index contributed by atoms with van der Waals surface area (Å²) in [4.78, 5) is 27.0. The zero-order valence-electron chi connectivity index (χ0n) is 12.3. The Hall–Kier alpha value is -1.62. The Morgan fingerprint density at radius 2 is 2.00 bits per heavy atom. The minimum atomic E-state index is 0.0322. The number of piperidine rings is 1. The molecule has 0 unspecified atom stereocenters. The summed E-state index contributed by atoms with van der Waals surface area (Å²) in [6.07, 6.45) is 5.40. The number of likely N-dealkylation sites (tertiary alicyclic amines) is 1. The maximum atomic E-state index is 12.1. The van der Waals surface area contributed by atoms with Crippen molar-refractivity contribution >= 4 is 11.8 Å². The van der Waals surface area contributed by atoms with Crippen molar-refractivity contribution in [3.05, 3.63) is 25.3 Å². The van der Waals surface area contributed by atoms with Gasteiger partial charge >= 0.3 is 0 Å². The van der Waals surface area contributed by atoms with Crippen LogP contribution in [0.1, 0.15) is 19.8 Å². The molecule has 5 nitrogen and oxygen atoms in total. The lowest BCUT2D eigenvalue weighted by Crippen LogP contribution is -2.50. The van der Waals surface area contributed by atoms with E-state index in [9.17, 15) is 9.59 Å². The molecule has 0 spiro atoms. The third-order valence-corrected chi connectivity index (χ3v) is 3.46. The topological polar surface area (TPSA) is 52.7 Å². The summed E-state index contributed by atoms with van der Waals surface area (Å²) in [7, 11) is 0. The van der Waals surface area contributed by atoms with Crippen LogP contribution in [-0.2, 0) is 9.59 Å². The second-order valence-electron chi connectivity index (χ2n) is 5.06. The van der Waals surface area contributed by atoms with Gasteiger partial charge in [-0.05, 0) is 12.8 Å². The van der Waals surface area contributed by atoms with Gasteiger partial charge in [-0.25, -0.2) is 0 Å². The summed E-state index contributed by atoms with van der Waals surface area (Å²) in [6, 6.07) is 0.200. The average molecular weight is 279 g/mol. The molecule has 2 amide bonds. The van der Waals surface area contributed by atoms with Crippen molar-refractivity contribution in [2.45, 2.75) is 25.8 Å². The Morgan fingerprint density at radius 1 is 1.35 bits per heavy atom. The van der Waals surface area contributed by atoms with Gasteiger partial charge in [-0.1, -0.05) is 12.2 Å². The lowest BCUT2D eigenvalue weighted by atomic mass is 10.1. The third-order valence-electron chi connectivity index (χ3n) is 3.46. The molecule has 0 aromatic carbocycles. The second-order valence-corrected chi connectivity index (χ2v) is 5.06. The minimum Gasteiger partial charge on any atom is -0.341 e. The van der Waals surface area contributed by atoms with Gasteiger partial charge < -0.3 is 15.1 Å². The quantitative estimate of drug-likeness (QED) is 0.701. The van der Waals surface area contributed by atoms with E-state index in [1.165, 1.54) is 0 Å². The van der Waals surface area contributed by atoms with E-state index >= 15 is 0 Å². The first kappa shape index (κ1) is 16.4. The van der Waals surface area contributed by atoms with Crippen LogP contribution in [0.4, 0.5) is 0 Å². The number of nitrogens with one attached hydrogen (secondary N) is 1. The number of rotatable bonds is 7. The normalized spacial score (nSPS) is 18.4. The molecule has 1 saturated heterocycles. The molecule has 0 aromatic rings. The van der Waals surface area contributed by atoms with Crippen molar-refractivity contribution in [3.63, 3.8) is 0 Å². The van der Waals surface area contributed by atoms with Crippen LogP contribution in [-0.4, -0.2) is 60.4 Å². The summed E-state index contributed by atoms with van der Waals surface area (Å²) < 4.78 is 0. The standard InChI is InChI=1S/C15H25N3O2/c1-4-8-17(9-5-2)15(20)11-16-14-7-6-10-18(12-14)13(3)19/h4-5,14,16H,1-2,6-12H2,3H3/t14-/m0/s1. The van der Waals surface area contributed by atoms with Crippen molar-refractivity contribution in [3.8, 4) is 0 Å². The van der Waals surface area contributed by atoms with Gasteiger partial charge in [0.1, 0.15) is 0 Å². The van der Waals surface area contributed by atoms with Crippen LogP contribution in [0, 0.1) is 0 Å². The first-order valence-electron chi connectivity index (χ1n) is 7.07. The van der Waals surface area contributed by atoms with Gasteiger partial charge in [-0.3, -0.25) is 9.59 Å². The Labute approximate surface area is 121 Å². The Bertz CT molecular complexity index is 358. The second kappa shape index (κ2) is 8.53. The lowest BCUT2D eigenvalue weighted by Gasteiger charge is -2.33. The molecule has 0 aliphatic carbocycles. The van der Waals surface area contributed by atoms with Crippen molar-refractivity contribution in [2.75, 3.05) is 32.7 Å². The average Bonchev–Trinajstić information content (AvgIpc) is 2.45. The van der Waals surface area contributed by atoms with Gasteiger partial charge in [0.25, 0.3) is 0 Å². The molecule has 0 saturated carbocycles. The van der Waals surface area contributed by atoms with Gasteiger partial charge in [-0.15, -0.1) is 13.2 Å². The summed E-state index contributed by atoms with van der Waals surface area (Å²) in [6.45, 7) is 11.7. The van der Waals surface area contributed by atoms with Gasteiger partial charge in [0, 0.05) is 39.1 Å². The monoisotopic (exact) mass is 279 g/mol. The third kappa shape index (κ3) is 5.17. The highest BCUT2D eigenvalue weighted by atomic mass is 16.2. The van der Waals surface area contributed by atoms with Gasteiger partial charge in [0.05, 0.1) is 6.54 Å². The number of nitrogens with zero attached hydrogens (tertiary/aromatic N) is 2. The van der Waals surface area contributed by atoms with Crippen molar-refractivity contribution < 1.29 is 9.59 Å². The fourth-order valence-electron chi connectivity index (χ4n) is 2.36. The zero-order valence-corrected chi connectivity index (χ0v) is 12.3. The molecule has 1 rings (SSSR count). The van der Waals surface area contributed by atoms with Crippen molar-refractivity contribution in [1.29, 1.82) is 0 Å². The van der Waals surface area contributed by atoms with Crippen LogP contribution in [0.3, 0.4) is 0 Å². The largest absolute Gasteiger partial charge is 0.341 e. The van der Waals surface area contributed by atoms with E-state index in [0.29, 0.717) is 19.6 Å². The number of hydrogen-bond donors (Lipinski definition) is 1. The molecule has 1 aliphatic heterocycles. The van der Waals surface area contributed by atoms with E-state index in [4.69, 9.17) is 0 Å². The molecule has 0 bridgehead atoms. The van der Waals surface area contributed by atoms with E-state index < -0.39 is 0 Å². The van der Waals surface area contributed by atoms with Crippen LogP contribution in [0.2, 0.25) is 0 Å². The first-order valence-corrected chi connectivity index (χ1v) is 7.07. The highest BCUT2D eigenvalue weighted by Crippen LogP contribution is 2.10. The Kier molecular flexibility index (Phi) is 7.01. The lowest BCUT2D eigenvalue weighted by molar-refractivity contribution is -0.130. The molecule has 112 valence electrons. The molecule has 1 aliphatic rings. The predicted molar refractivity (Wildman–Crippen MR) is 80.3 cm³/mol. The Morgan fingerprint density at radius 3 is 2.55 bits per heavy atom. The van der Waals surface area contributed by atoms with Crippen LogP contribution in [0.5, 0.6) is 0 Å². The molecule has 0 aromatic heterocycles. The van der Waals surface area contributed by atoms with Crippen molar-refractivity contribution in [2.24, 2.45) is 0 Å². The number of carbonyl (C=O) groups is 2. The van der Waals surface area contributed by atoms with Gasteiger partial charge in [0.15, 0.2) is 0 Å². The van der Waals surface area contributed by atoms with Gasteiger partial charge in [-0.2, -0.15) is 0 Å². The maximum absolute atomic E-state index is 12.1. The number of amides is 2. The van der Waals surface area contributed by atoms with Crippen LogP contribution < -0.4 is 5.32 Å². The molecule has 20 heavy (non-hydrogen) atoms. The molecule has 1 atom stereocenters. The van der Waals surface area contributed by atoms with E-state index in [2.05, 4.69) is 18.5 Å². The smallest absolute Gasteiger partial charge is 0.237 e. The van der Waals surface area contributed by atoms with Crippen LogP contribution in [0.15, 0.2) is 25.3 Å². The van der Waals surface area contributed by atoms with Crippen LogP contribution >= 0.6 is 0 Å². The van der Waals surface area contributed by atoms with E-state index in [1.807, 2.05) is 4.90 Å². The van der Waals surface area contributed by atoms with Crippen LogP contribution in [0.25, 0.3) is 0 Å².